The molecule has 166 valence electrons. The third-order valence-electron chi connectivity index (χ3n) is 5.16. The van der Waals surface area contributed by atoms with E-state index in [1.54, 1.807) is 25.1 Å². The fourth-order valence-corrected chi connectivity index (χ4v) is 5.10. The van der Waals surface area contributed by atoms with Crippen molar-refractivity contribution in [2.45, 2.75) is 25.2 Å². The van der Waals surface area contributed by atoms with E-state index in [9.17, 15) is 23.1 Å². The maximum atomic E-state index is 12.5. The summed E-state index contributed by atoms with van der Waals surface area (Å²) >= 11 is 6.42. The molecule has 31 heavy (non-hydrogen) atoms. The van der Waals surface area contributed by atoms with Crippen LogP contribution in [0.2, 0.25) is 5.02 Å². The Morgan fingerprint density at radius 3 is 2.42 bits per heavy atom. The van der Waals surface area contributed by atoms with Crippen molar-refractivity contribution in [2.24, 2.45) is 0 Å². The zero-order chi connectivity index (χ0) is 22.8. The second kappa shape index (κ2) is 9.11. The van der Waals surface area contributed by atoms with Gasteiger partial charge in [0.15, 0.2) is 0 Å². The van der Waals surface area contributed by atoms with Crippen LogP contribution in [0.4, 0.5) is 10.6 Å². The number of aromatic nitrogens is 1. The first kappa shape index (κ1) is 22.8. The van der Waals surface area contributed by atoms with Crippen LogP contribution in [0.15, 0.2) is 35.4 Å². The van der Waals surface area contributed by atoms with Crippen LogP contribution in [0, 0.1) is 6.92 Å². The number of anilines is 1. The molecule has 1 fully saturated rings. The molecule has 0 spiro atoms. The smallest absolute Gasteiger partial charge is 0.337 e. The molecule has 1 saturated heterocycles. The lowest BCUT2D eigenvalue weighted by molar-refractivity contribution is 0.0695. The van der Waals surface area contributed by atoms with Gasteiger partial charge in [0.25, 0.3) is 10.0 Å². The normalized spacial score (nSPS) is 14.4. The quantitative estimate of drug-likeness (QED) is 0.694. The second-order valence-corrected chi connectivity index (χ2v) is 9.13. The fraction of sp³-hybridized carbons (Fsp3) is 0.350. The minimum atomic E-state index is -3.98. The van der Waals surface area contributed by atoms with Crippen LogP contribution in [0.5, 0.6) is 0 Å². The van der Waals surface area contributed by atoms with Gasteiger partial charge >= 0.3 is 12.0 Å². The van der Waals surface area contributed by atoms with Crippen LogP contribution in [0.3, 0.4) is 0 Å². The first-order valence-corrected chi connectivity index (χ1v) is 11.5. The fourth-order valence-electron chi connectivity index (χ4n) is 3.48. The molecule has 2 aromatic rings. The van der Waals surface area contributed by atoms with Gasteiger partial charge in [-0.2, -0.15) is 0 Å². The van der Waals surface area contributed by atoms with Crippen molar-refractivity contribution in [1.29, 1.82) is 0 Å². The molecule has 2 N–H and O–H groups in total. The standard InChI is InChI=1S/C20H23ClN4O5S/c1-3-14-15(19(26)27)12-22-18(17(14)21)24-8-10-25(11-9-24)20(28)23-31(29,30)16-7-5-4-6-13(16)2/h4-7,12H,3,8-11H2,1-2H3,(H,23,28)(H,26,27). The summed E-state index contributed by atoms with van der Waals surface area (Å²) in [7, 11) is -3.98. The highest BCUT2D eigenvalue weighted by Crippen LogP contribution is 2.30. The van der Waals surface area contributed by atoms with Crippen molar-refractivity contribution in [3.8, 4) is 0 Å². The highest BCUT2D eigenvalue weighted by molar-refractivity contribution is 7.90. The lowest BCUT2D eigenvalue weighted by Gasteiger charge is -2.35. The van der Waals surface area contributed by atoms with Crippen LogP contribution < -0.4 is 9.62 Å². The minimum absolute atomic E-state index is 0.0589. The van der Waals surface area contributed by atoms with E-state index in [4.69, 9.17) is 11.6 Å². The zero-order valence-electron chi connectivity index (χ0n) is 17.1. The Balaban J connectivity index is 1.69. The number of pyridine rings is 1. The van der Waals surface area contributed by atoms with Gasteiger partial charge in [-0.25, -0.2) is 27.7 Å². The van der Waals surface area contributed by atoms with Gasteiger partial charge in [0.05, 0.1) is 15.5 Å². The van der Waals surface area contributed by atoms with Gasteiger partial charge < -0.3 is 14.9 Å². The predicted octanol–water partition coefficient (Wildman–Crippen LogP) is 2.52. The molecule has 9 nitrogen and oxygen atoms in total. The number of carbonyl (C=O) groups excluding carboxylic acids is 1. The molecule has 0 bridgehead atoms. The number of benzene rings is 1. The highest BCUT2D eigenvalue weighted by atomic mass is 35.5. The number of nitrogens with one attached hydrogen (secondary N) is 1. The number of amides is 2. The molecule has 0 atom stereocenters. The third kappa shape index (κ3) is 4.75. The lowest BCUT2D eigenvalue weighted by Crippen LogP contribution is -2.53. The monoisotopic (exact) mass is 466 g/mol. The number of nitrogens with zero attached hydrogens (tertiary/aromatic N) is 3. The maximum absolute atomic E-state index is 12.5. The number of carbonyl (C=O) groups is 2. The van der Waals surface area contributed by atoms with Crippen LogP contribution in [0.25, 0.3) is 0 Å². The number of piperazine rings is 1. The van der Waals surface area contributed by atoms with Crippen molar-refractivity contribution in [1.82, 2.24) is 14.6 Å². The summed E-state index contributed by atoms with van der Waals surface area (Å²) in [5, 5.41) is 9.58. The van der Waals surface area contributed by atoms with E-state index < -0.39 is 22.0 Å². The molecule has 0 unspecified atom stereocenters. The van der Waals surface area contributed by atoms with Gasteiger partial charge in [0.2, 0.25) is 0 Å². The summed E-state index contributed by atoms with van der Waals surface area (Å²) in [4.78, 5) is 31.4. The van der Waals surface area contributed by atoms with E-state index >= 15 is 0 Å². The highest BCUT2D eigenvalue weighted by Gasteiger charge is 2.28. The largest absolute Gasteiger partial charge is 0.478 e. The first-order valence-electron chi connectivity index (χ1n) is 9.68. The van der Waals surface area contributed by atoms with E-state index in [0.29, 0.717) is 36.5 Å². The van der Waals surface area contributed by atoms with Gasteiger partial charge in [-0.1, -0.05) is 36.7 Å². The molecule has 1 aromatic heterocycles. The van der Waals surface area contributed by atoms with Crippen molar-refractivity contribution in [2.75, 3.05) is 31.1 Å². The summed E-state index contributed by atoms with van der Waals surface area (Å²) in [5.74, 6) is -0.634. The summed E-state index contributed by atoms with van der Waals surface area (Å²) in [6, 6.07) is 5.73. The number of hydrogen-bond donors (Lipinski definition) is 2. The number of carboxylic acid groups (broad SMARTS) is 1. The number of aryl methyl sites for hydroxylation is 1. The topological polar surface area (TPSA) is 120 Å². The van der Waals surface area contributed by atoms with E-state index in [-0.39, 0.29) is 28.6 Å². The average Bonchev–Trinajstić information content (AvgIpc) is 2.73. The Labute approximate surface area is 185 Å². The zero-order valence-corrected chi connectivity index (χ0v) is 18.7. The van der Waals surface area contributed by atoms with E-state index in [1.807, 2.05) is 11.8 Å². The third-order valence-corrected chi connectivity index (χ3v) is 7.04. The number of halogens is 1. The number of rotatable bonds is 5. The molecule has 1 aliphatic heterocycles. The van der Waals surface area contributed by atoms with Crippen LogP contribution >= 0.6 is 11.6 Å². The average molecular weight is 467 g/mol. The SMILES string of the molecule is CCc1c(C(=O)O)cnc(N2CCN(C(=O)NS(=O)(=O)c3ccccc3C)CC2)c1Cl. The molecule has 1 aromatic carbocycles. The summed E-state index contributed by atoms with van der Waals surface area (Å²) in [5.41, 5.74) is 1.12. The number of hydrogen-bond acceptors (Lipinski definition) is 6. The molecule has 3 rings (SSSR count). The minimum Gasteiger partial charge on any atom is -0.478 e. The maximum Gasteiger partial charge on any atom is 0.337 e. The molecule has 2 heterocycles. The molecule has 0 aliphatic carbocycles. The van der Waals surface area contributed by atoms with Gasteiger partial charge in [0, 0.05) is 32.4 Å². The van der Waals surface area contributed by atoms with E-state index in [0.717, 1.165) is 0 Å². The van der Waals surface area contributed by atoms with Gasteiger partial charge in [-0.3, -0.25) is 0 Å². The Bertz CT molecular complexity index is 1110. The molecule has 0 radical (unpaired) electrons. The summed E-state index contributed by atoms with van der Waals surface area (Å²) < 4.78 is 27.2. The molecule has 2 amide bonds. The van der Waals surface area contributed by atoms with Gasteiger partial charge in [-0.05, 0) is 30.5 Å². The van der Waals surface area contributed by atoms with Gasteiger partial charge in [0.1, 0.15) is 5.82 Å². The summed E-state index contributed by atoms with van der Waals surface area (Å²) in [6.45, 7) is 4.74. The Kier molecular flexibility index (Phi) is 6.71. The molecular weight excluding hydrogens is 444 g/mol. The molecule has 0 saturated carbocycles. The van der Waals surface area contributed by atoms with Gasteiger partial charge in [-0.15, -0.1) is 0 Å². The van der Waals surface area contributed by atoms with Crippen molar-refractivity contribution in [3.63, 3.8) is 0 Å². The van der Waals surface area contributed by atoms with E-state index in [2.05, 4.69) is 9.71 Å². The van der Waals surface area contributed by atoms with Crippen LogP contribution in [-0.2, 0) is 16.4 Å². The van der Waals surface area contributed by atoms with E-state index in [1.165, 1.54) is 17.2 Å². The first-order chi connectivity index (χ1) is 14.7. The Morgan fingerprint density at radius 1 is 1.19 bits per heavy atom. The Morgan fingerprint density at radius 2 is 1.84 bits per heavy atom. The predicted molar refractivity (Wildman–Crippen MR) is 116 cm³/mol. The molecule has 1 aliphatic rings. The Hall–Kier alpha value is -2.85. The van der Waals surface area contributed by atoms with Crippen LogP contribution in [-0.4, -0.2) is 61.6 Å². The van der Waals surface area contributed by atoms with Crippen molar-refractivity contribution >= 4 is 39.4 Å². The summed E-state index contributed by atoms with van der Waals surface area (Å²) in [6.07, 6.45) is 1.73. The number of carboxylic acids is 1. The van der Waals surface area contributed by atoms with Crippen molar-refractivity contribution < 1.29 is 23.1 Å². The second-order valence-electron chi connectivity index (χ2n) is 7.10. The van der Waals surface area contributed by atoms with Crippen LogP contribution in [0.1, 0.15) is 28.4 Å². The van der Waals surface area contributed by atoms with Crippen molar-refractivity contribution in [3.05, 3.63) is 52.2 Å². The molecular formula is C20H23ClN4O5S. The number of aromatic carboxylic acids is 1. The molecule has 11 heteroatoms. The lowest BCUT2D eigenvalue weighted by atomic mass is 10.1. The number of sulfonamides is 1. The number of urea groups is 1.